The molecule has 1 atom stereocenters. The number of amides is 2. The Kier molecular flexibility index (Phi) is 3.66. The zero-order chi connectivity index (χ0) is 11.4. The van der Waals surface area contributed by atoms with E-state index in [9.17, 15) is 4.79 Å². The minimum absolute atomic E-state index is 0.312. The summed E-state index contributed by atoms with van der Waals surface area (Å²) in [5.41, 5.74) is 7.76. The predicted molar refractivity (Wildman–Crippen MR) is 60.9 cm³/mol. The molecule has 0 saturated heterocycles. The number of hydrogen-bond acceptors (Lipinski definition) is 2. The van der Waals surface area contributed by atoms with Gasteiger partial charge < -0.3 is 11.1 Å². The first-order valence-corrected chi connectivity index (χ1v) is 5.08. The highest BCUT2D eigenvalue weighted by atomic mass is 16.2. The third-order valence-corrected chi connectivity index (χ3v) is 2.52. The lowest BCUT2D eigenvalue weighted by molar-refractivity contribution is 0.259. The Morgan fingerprint density at radius 2 is 2.33 bits per heavy atom. The van der Waals surface area contributed by atoms with Gasteiger partial charge in [0.25, 0.3) is 0 Å². The number of rotatable bonds is 3. The quantitative estimate of drug-likeness (QED) is 0.799. The number of carbonyl (C=O) groups is 1. The second-order valence-electron chi connectivity index (χ2n) is 3.69. The molecule has 4 heteroatoms. The lowest BCUT2D eigenvalue weighted by atomic mass is 10.0. The van der Waals surface area contributed by atoms with E-state index in [0.29, 0.717) is 5.92 Å². The third kappa shape index (κ3) is 2.68. The Morgan fingerprint density at radius 1 is 1.67 bits per heavy atom. The Bertz CT molecular complexity index is 363. The molecule has 0 aromatic carbocycles. The number of nitrogens with two attached hydrogens (primary N) is 1. The van der Waals surface area contributed by atoms with Crippen molar-refractivity contribution in [3.63, 3.8) is 0 Å². The van der Waals surface area contributed by atoms with Gasteiger partial charge in [-0.3, -0.25) is 4.98 Å². The molecule has 15 heavy (non-hydrogen) atoms. The highest BCUT2D eigenvalue weighted by molar-refractivity contribution is 5.89. The number of aryl methyl sites for hydroxylation is 1. The van der Waals surface area contributed by atoms with Crippen molar-refractivity contribution < 1.29 is 4.79 Å². The van der Waals surface area contributed by atoms with Crippen LogP contribution < -0.4 is 11.1 Å². The lowest BCUT2D eigenvalue weighted by Gasteiger charge is -2.15. The summed E-state index contributed by atoms with van der Waals surface area (Å²) >= 11 is 0. The second kappa shape index (κ2) is 4.77. The first-order valence-electron chi connectivity index (χ1n) is 5.08. The molecule has 82 valence electrons. The predicted octanol–water partition coefficient (Wildman–Crippen LogP) is 2.39. The molecule has 0 aliphatic heterocycles. The van der Waals surface area contributed by atoms with Gasteiger partial charge in [0.15, 0.2) is 0 Å². The molecule has 0 aliphatic rings. The number of nitrogens with zero attached hydrogens (tertiary/aromatic N) is 1. The van der Waals surface area contributed by atoms with Crippen LogP contribution in [0.25, 0.3) is 0 Å². The monoisotopic (exact) mass is 207 g/mol. The smallest absolute Gasteiger partial charge is 0.316 e. The molecule has 3 N–H and O–H groups in total. The van der Waals surface area contributed by atoms with Gasteiger partial charge in [0.2, 0.25) is 0 Å². The van der Waals surface area contributed by atoms with Crippen LogP contribution >= 0.6 is 0 Å². The lowest BCUT2D eigenvalue weighted by Crippen LogP contribution is -2.21. The fourth-order valence-corrected chi connectivity index (χ4v) is 1.43. The first kappa shape index (κ1) is 11.5. The van der Waals surface area contributed by atoms with Gasteiger partial charge in [0.05, 0.1) is 11.4 Å². The maximum atomic E-state index is 10.9. The van der Waals surface area contributed by atoms with Crippen LogP contribution in [-0.2, 0) is 0 Å². The number of anilines is 1. The molecule has 0 aliphatic carbocycles. The van der Waals surface area contributed by atoms with Gasteiger partial charge in [0, 0.05) is 12.1 Å². The topological polar surface area (TPSA) is 68.0 Å². The molecule has 0 fully saturated rings. The largest absolute Gasteiger partial charge is 0.351 e. The number of hydrogen-bond donors (Lipinski definition) is 2. The Morgan fingerprint density at radius 3 is 2.87 bits per heavy atom. The molecule has 0 saturated carbocycles. The molecule has 2 amide bonds. The van der Waals surface area contributed by atoms with E-state index in [0.717, 1.165) is 23.4 Å². The SMILES string of the molecule is CCC(C)c1nccc(C)c1NC(N)=O. The maximum absolute atomic E-state index is 10.9. The van der Waals surface area contributed by atoms with Crippen LogP contribution in [-0.4, -0.2) is 11.0 Å². The summed E-state index contributed by atoms with van der Waals surface area (Å²) in [5, 5.41) is 2.63. The number of carbonyl (C=O) groups excluding carboxylic acids is 1. The average Bonchev–Trinajstić information content (AvgIpc) is 2.19. The number of pyridine rings is 1. The van der Waals surface area contributed by atoms with E-state index in [4.69, 9.17) is 5.73 Å². The normalized spacial score (nSPS) is 12.2. The van der Waals surface area contributed by atoms with Crippen molar-refractivity contribution >= 4 is 11.7 Å². The van der Waals surface area contributed by atoms with E-state index >= 15 is 0 Å². The van der Waals surface area contributed by atoms with E-state index in [1.807, 2.05) is 13.0 Å². The summed E-state index contributed by atoms with van der Waals surface area (Å²) in [6, 6.07) is 1.31. The molecule has 1 heterocycles. The molecule has 1 unspecified atom stereocenters. The Labute approximate surface area is 89.9 Å². The Hall–Kier alpha value is -1.58. The van der Waals surface area contributed by atoms with Crippen LogP contribution in [0.3, 0.4) is 0 Å². The van der Waals surface area contributed by atoms with Gasteiger partial charge in [-0.2, -0.15) is 0 Å². The van der Waals surface area contributed by atoms with E-state index in [1.165, 1.54) is 0 Å². The summed E-state index contributed by atoms with van der Waals surface area (Å²) in [6.45, 7) is 6.09. The van der Waals surface area contributed by atoms with Gasteiger partial charge in [0.1, 0.15) is 0 Å². The molecule has 0 radical (unpaired) electrons. The van der Waals surface area contributed by atoms with Gasteiger partial charge >= 0.3 is 6.03 Å². The van der Waals surface area contributed by atoms with E-state index in [1.54, 1.807) is 6.20 Å². The summed E-state index contributed by atoms with van der Waals surface area (Å²) in [6.07, 6.45) is 2.73. The van der Waals surface area contributed by atoms with E-state index in [2.05, 4.69) is 24.1 Å². The number of urea groups is 1. The van der Waals surface area contributed by atoms with Crippen LogP contribution in [0.1, 0.15) is 37.4 Å². The molecule has 1 aromatic rings. The van der Waals surface area contributed by atoms with Crippen molar-refractivity contribution in [2.75, 3.05) is 5.32 Å². The maximum Gasteiger partial charge on any atom is 0.316 e. The zero-order valence-electron chi connectivity index (χ0n) is 9.37. The van der Waals surface area contributed by atoms with E-state index < -0.39 is 6.03 Å². The van der Waals surface area contributed by atoms with Crippen molar-refractivity contribution in [2.45, 2.75) is 33.1 Å². The number of primary amides is 1. The van der Waals surface area contributed by atoms with Gasteiger partial charge in [-0.25, -0.2) is 4.79 Å². The highest BCUT2D eigenvalue weighted by Gasteiger charge is 2.13. The molecular weight excluding hydrogens is 190 g/mol. The van der Waals surface area contributed by atoms with Gasteiger partial charge in [-0.05, 0) is 25.0 Å². The number of aromatic nitrogens is 1. The second-order valence-corrected chi connectivity index (χ2v) is 3.69. The van der Waals surface area contributed by atoms with Crippen LogP contribution in [0.2, 0.25) is 0 Å². The molecule has 1 rings (SSSR count). The van der Waals surface area contributed by atoms with Gasteiger partial charge in [-0.15, -0.1) is 0 Å². The van der Waals surface area contributed by atoms with Crippen molar-refractivity contribution in [1.82, 2.24) is 4.98 Å². The summed E-state index contributed by atoms with van der Waals surface area (Å²) in [7, 11) is 0. The highest BCUT2D eigenvalue weighted by Crippen LogP contribution is 2.27. The average molecular weight is 207 g/mol. The summed E-state index contributed by atoms with van der Waals surface area (Å²) in [4.78, 5) is 15.2. The molecule has 4 nitrogen and oxygen atoms in total. The summed E-state index contributed by atoms with van der Waals surface area (Å²) < 4.78 is 0. The first-order chi connectivity index (χ1) is 7.06. The molecule has 1 aromatic heterocycles. The molecular formula is C11H17N3O. The van der Waals surface area contributed by atoms with Gasteiger partial charge in [-0.1, -0.05) is 13.8 Å². The summed E-state index contributed by atoms with van der Waals surface area (Å²) in [5.74, 6) is 0.312. The third-order valence-electron chi connectivity index (χ3n) is 2.52. The fourth-order valence-electron chi connectivity index (χ4n) is 1.43. The van der Waals surface area contributed by atoms with Crippen molar-refractivity contribution in [1.29, 1.82) is 0 Å². The minimum atomic E-state index is -0.546. The van der Waals surface area contributed by atoms with Crippen molar-refractivity contribution in [2.24, 2.45) is 5.73 Å². The van der Waals surface area contributed by atoms with Crippen LogP contribution in [0.5, 0.6) is 0 Å². The molecule has 0 bridgehead atoms. The number of nitrogens with one attached hydrogen (secondary N) is 1. The Balaban J connectivity index is 3.13. The minimum Gasteiger partial charge on any atom is -0.351 e. The van der Waals surface area contributed by atoms with Crippen molar-refractivity contribution in [3.8, 4) is 0 Å². The van der Waals surface area contributed by atoms with Crippen LogP contribution in [0.15, 0.2) is 12.3 Å². The molecule has 0 spiro atoms. The van der Waals surface area contributed by atoms with Crippen LogP contribution in [0, 0.1) is 6.92 Å². The van der Waals surface area contributed by atoms with E-state index in [-0.39, 0.29) is 0 Å². The zero-order valence-corrected chi connectivity index (χ0v) is 9.37. The van der Waals surface area contributed by atoms with Crippen molar-refractivity contribution in [3.05, 3.63) is 23.5 Å². The standard InChI is InChI=1S/C11H17N3O/c1-4-7(2)9-10(14-11(12)15)8(3)5-6-13-9/h5-7H,4H2,1-3H3,(H3,12,14,15). The fraction of sp³-hybridized carbons (Fsp3) is 0.455. The van der Waals surface area contributed by atoms with Crippen LogP contribution in [0.4, 0.5) is 10.5 Å².